The third kappa shape index (κ3) is 3.00. The molecule has 0 bridgehead atoms. The highest BCUT2D eigenvalue weighted by atomic mass is 16.5. The topological polar surface area (TPSA) is 14.2 Å². The second-order valence-electron chi connectivity index (χ2n) is 6.66. The van der Waals surface area contributed by atoms with Crippen molar-refractivity contribution >= 4 is 21.8 Å². The van der Waals surface area contributed by atoms with Gasteiger partial charge in [-0.25, -0.2) is 0 Å². The molecule has 0 unspecified atom stereocenters. The third-order valence-corrected chi connectivity index (χ3v) is 4.79. The van der Waals surface area contributed by atoms with Crippen LogP contribution < -0.4 is 4.74 Å². The van der Waals surface area contributed by atoms with Gasteiger partial charge < -0.3 is 9.30 Å². The van der Waals surface area contributed by atoms with Crippen molar-refractivity contribution in [1.29, 1.82) is 0 Å². The molecule has 0 aliphatic carbocycles. The summed E-state index contributed by atoms with van der Waals surface area (Å²) >= 11 is 0. The predicted octanol–water partition coefficient (Wildman–Crippen LogP) is 5.88. The van der Waals surface area contributed by atoms with Crippen LogP contribution in [0.15, 0.2) is 66.7 Å². The summed E-state index contributed by atoms with van der Waals surface area (Å²) in [6.07, 6.45) is 0.982. The van der Waals surface area contributed by atoms with Crippen molar-refractivity contribution in [3.63, 3.8) is 0 Å². The van der Waals surface area contributed by atoms with Crippen molar-refractivity contribution < 1.29 is 4.74 Å². The van der Waals surface area contributed by atoms with Gasteiger partial charge in [0.05, 0.1) is 6.61 Å². The van der Waals surface area contributed by atoms with Gasteiger partial charge in [-0.05, 0) is 44.0 Å². The molecule has 0 aliphatic heterocycles. The molecule has 1 aromatic heterocycles. The lowest BCUT2D eigenvalue weighted by atomic mass is 10.1. The van der Waals surface area contributed by atoms with Crippen molar-refractivity contribution in [3.05, 3.63) is 77.9 Å². The highest BCUT2D eigenvalue weighted by molar-refractivity contribution is 6.07. The van der Waals surface area contributed by atoms with Gasteiger partial charge in [-0.1, -0.05) is 54.1 Å². The first-order valence-corrected chi connectivity index (χ1v) is 8.90. The predicted molar refractivity (Wildman–Crippen MR) is 105 cm³/mol. The number of fused-ring (bicyclic) bond motifs is 3. The normalized spacial score (nSPS) is 11.3. The minimum Gasteiger partial charge on any atom is -0.493 e. The largest absolute Gasteiger partial charge is 0.493 e. The summed E-state index contributed by atoms with van der Waals surface area (Å²) < 4.78 is 8.41. The van der Waals surface area contributed by atoms with Crippen LogP contribution in [0.4, 0.5) is 0 Å². The number of aromatic nitrogens is 1. The highest BCUT2D eigenvalue weighted by Gasteiger charge is 2.09. The molecule has 0 atom stereocenters. The van der Waals surface area contributed by atoms with Crippen molar-refractivity contribution in [2.75, 3.05) is 6.61 Å². The minimum atomic E-state index is 0.727. The van der Waals surface area contributed by atoms with Crippen LogP contribution in [0.25, 0.3) is 21.8 Å². The van der Waals surface area contributed by atoms with Gasteiger partial charge in [-0.15, -0.1) is 0 Å². The minimum absolute atomic E-state index is 0.727. The molecule has 0 aliphatic rings. The number of hydrogen-bond donors (Lipinski definition) is 0. The fourth-order valence-electron chi connectivity index (χ4n) is 3.61. The summed E-state index contributed by atoms with van der Waals surface area (Å²) in [5.74, 6) is 0.993. The molecule has 0 fully saturated rings. The Morgan fingerprint density at radius 1 is 0.800 bits per heavy atom. The zero-order chi connectivity index (χ0) is 17.2. The van der Waals surface area contributed by atoms with Crippen molar-refractivity contribution in [2.24, 2.45) is 0 Å². The molecule has 2 nitrogen and oxygen atoms in total. The monoisotopic (exact) mass is 329 g/mol. The molecule has 0 saturated carbocycles. The second-order valence-corrected chi connectivity index (χ2v) is 6.66. The quantitative estimate of drug-likeness (QED) is 0.417. The molecule has 3 aromatic carbocycles. The van der Waals surface area contributed by atoms with Gasteiger partial charge in [0.2, 0.25) is 0 Å². The van der Waals surface area contributed by atoms with Gasteiger partial charge >= 0.3 is 0 Å². The average Bonchev–Trinajstić information content (AvgIpc) is 2.94. The lowest BCUT2D eigenvalue weighted by Crippen LogP contribution is -2.05. The Morgan fingerprint density at radius 2 is 1.44 bits per heavy atom. The molecule has 2 heteroatoms. The number of para-hydroxylation sites is 2. The summed E-state index contributed by atoms with van der Waals surface area (Å²) in [6.45, 7) is 5.90. The summed E-state index contributed by atoms with van der Waals surface area (Å²) in [7, 11) is 0. The maximum absolute atomic E-state index is 6.00. The lowest BCUT2D eigenvalue weighted by molar-refractivity contribution is 0.301. The summed E-state index contributed by atoms with van der Waals surface area (Å²) in [6, 6.07) is 23.6. The van der Waals surface area contributed by atoms with E-state index in [2.05, 4.69) is 85.1 Å². The van der Waals surface area contributed by atoms with Gasteiger partial charge in [-0.2, -0.15) is 0 Å². The maximum Gasteiger partial charge on any atom is 0.122 e. The molecule has 25 heavy (non-hydrogen) atoms. The molecular formula is C23H23NO. The number of hydrogen-bond acceptors (Lipinski definition) is 1. The molecular weight excluding hydrogens is 306 g/mol. The second kappa shape index (κ2) is 6.64. The van der Waals surface area contributed by atoms with Gasteiger partial charge in [0, 0.05) is 28.4 Å². The summed E-state index contributed by atoms with van der Waals surface area (Å²) in [4.78, 5) is 0. The van der Waals surface area contributed by atoms with E-state index in [1.807, 2.05) is 0 Å². The van der Waals surface area contributed by atoms with Crippen LogP contribution in [0.3, 0.4) is 0 Å². The molecule has 4 rings (SSSR count). The Hall–Kier alpha value is -2.74. The first kappa shape index (κ1) is 15.8. The fourth-order valence-corrected chi connectivity index (χ4v) is 3.61. The lowest BCUT2D eigenvalue weighted by Gasteiger charge is -2.11. The molecule has 0 radical (unpaired) electrons. The van der Waals surface area contributed by atoms with Crippen LogP contribution >= 0.6 is 0 Å². The smallest absolute Gasteiger partial charge is 0.122 e. The van der Waals surface area contributed by atoms with Crippen molar-refractivity contribution in [1.82, 2.24) is 4.57 Å². The van der Waals surface area contributed by atoms with Gasteiger partial charge in [0.15, 0.2) is 0 Å². The molecule has 126 valence electrons. The number of benzene rings is 3. The molecule has 1 heterocycles. The standard InChI is InChI=1S/C23H23NO/c1-17-12-13-23(18(2)16-17)25-15-7-14-24-21-10-5-3-8-19(21)20-9-4-6-11-22(20)24/h3-6,8-13,16H,7,14-15H2,1-2H3. The average molecular weight is 329 g/mol. The molecule has 0 saturated heterocycles. The van der Waals surface area contributed by atoms with E-state index >= 15 is 0 Å². The molecule has 0 spiro atoms. The van der Waals surface area contributed by atoms with E-state index < -0.39 is 0 Å². The van der Waals surface area contributed by atoms with Crippen LogP contribution in [0, 0.1) is 13.8 Å². The number of aryl methyl sites for hydroxylation is 3. The maximum atomic E-state index is 6.00. The van der Waals surface area contributed by atoms with Gasteiger partial charge in [0.1, 0.15) is 5.75 Å². The number of nitrogens with zero attached hydrogens (tertiary/aromatic N) is 1. The Morgan fingerprint density at radius 3 is 2.08 bits per heavy atom. The zero-order valence-corrected chi connectivity index (χ0v) is 14.8. The van der Waals surface area contributed by atoms with E-state index in [1.165, 1.54) is 32.9 Å². The summed E-state index contributed by atoms with van der Waals surface area (Å²) in [5.41, 5.74) is 5.08. The Kier molecular flexibility index (Phi) is 4.19. The molecule has 4 aromatic rings. The van der Waals surface area contributed by atoms with Crippen molar-refractivity contribution in [3.8, 4) is 5.75 Å². The molecule has 0 amide bonds. The van der Waals surface area contributed by atoms with Crippen LogP contribution in [0.5, 0.6) is 5.75 Å². The van der Waals surface area contributed by atoms with Crippen molar-refractivity contribution in [2.45, 2.75) is 26.8 Å². The Bertz CT molecular complexity index is 976. The van der Waals surface area contributed by atoms with E-state index in [9.17, 15) is 0 Å². The van der Waals surface area contributed by atoms with E-state index in [-0.39, 0.29) is 0 Å². The van der Waals surface area contributed by atoms with Gasteiger partial charge in [-0.3, -0.25) is 0 Å². The van der Waals surface area contributed by atoms with Crippen LogP contribution in [-0.2, 0) is 6.54 Å². The van der Waals surface area contributed by atoms with E-state index in [1.54, 1.807) is 0 Å². The SMILES string of the molecule is Cc1ccc(OCCCn2c3ccccc3c3ccccc32)c(C)c1. The van der Waals surface area contributed by atoms with E-state index in [4.69, 9.17) is 4.74 Å². The first-order chi connectivity index (χ1) is 12.2. The number of rotatable bonds is 5. The first-order valence-electron chi connectivity index (χ1n) is 8.90. The Labute approximate surface area is 148 Å². The van der Waals surface area contributed by atoms with Crippen LogP contribution in [0.2, 0.25) is 0 Å². The Balaban J connectivity index is 1.52. The fraction of sp³-hybridized carbons (Fsp3) is 0.217. The van der Waals surface area contributed by atoms with Crippen LogP contribution in [-0.4, -0.2) is 11.2 Å². The van der Waals surface area contributed by atoms with Gasteiger partial charge in [0.25, 0.3) is 0 Å². The molecule has 0 N–H and O–H groups in total. The van der Waals surface area contributed by atoms with Crippen LogP contribution in [0.1, 0.15) is 17.5 Å². The number of ether oxygens (including phenoxy) is 1. The zero-order valence-electron chi connectivity index (χ0n) is 14.8. The third-order valence-electron chi connectivity index (χ3n) is 4.79. The summed E-state index contributed by atoms with van der Waals surface area (Å²) in [5, 5.41) is 2.65. The van der Waals surface area contributed by atoms with E-state index in [0.717, 1.165) is 25.3 Å². The highest BCUT2D eigenvalue weighted by Crippen LogP contribution is 2.29. The van der Waals surface area contributed by atoms with E-state index in [0.29, 0.717) is 0 Å².